The number of anilines is 1. The van der Waals surface area contributed by atoms with E-state index in [0.717, 1.165) is 31.0 Å². The van der Waals surface area contributed by atoms with E-state index in [9.17, 15) is 4.79 Å². The third kappa shape index (κ3) is 13.8. The molecule has 5 nitrogen and oxygen atoms in total. The number of carbonyl (C=O) groups excluding carboxylic acids is 1. The number of nitrogens with zero attached hydrogens (tertiary/aromatic N) is 1. The van der Waals surface area contributed by atoms with E-state index >= 15 is 0 Å². The number of nitrogens with one attached hydrogen (secondary N) is 1. The van der Waals surface area contributed by atoms with Crippen molar-refractivity contribution in [1.82, 2.24) is 0 Å². The summed E-state index contributed by atoms with van der Waals surface area (Å²) in [5.41, 5.74) is 1.96. The van der Waals surface area contributed by atoms with Crippen LogP contribution >= 0.6 is 11.3 Å². The number of benzene rings is 2. The van der Waals surface area contributed by atoms with Crippen LogP contribution in [0.2, 0.25) is 0 Å². The van der Waals surface area contributed by atoms with Crippen molar-refractivity contribution in [2.75, 3.05) is 18.5 Å². The Balaban J connectivity index is 0.00000560. The fourth-order valence-electron chi connectivity index (χ4n) is 4.54. The van der Waals surface area contributed by atoms with Crippen molar-refractivity contribution < 1.29 is 35.8 Å². The molecule has 0 aliphatic heterocycles. The molecule has 220 valence electrons. The Bertz CT molecular complexity index is 1070. The first-order valence-electron chi connectivity index (χ1n) is 14.8. The first-order valence-corrected chi connectivity index (χ1v) is 15.7. The van der Waals surface area contributed by atoms with Gasteiger partial charge in [-0.25, -0.2) is 0 Å². The summed E-state index contributed by atoms with van der Waals surface area (Å²) in [6.45, 7) is 5.91. The number of hydrogen-bond acceptors (Lipinski definition) is 4. The molecule has 3 rings (SSSR count). The number of halogens is 1. The summed E-state index contributed by atoms with van der Waals surface area (Å²) in [7, 11) is 0. The molecule has 0 aliphatic rings. The van der Waals surface area contributed by atoms with Crippen LogP contribution in [0.15, 0.2) is 60.1 Å². The Hall–Kier alpha value is -2.38. The van der Waals surface area contributed by atoms with Crippen molar-refractivity contribution in [3.05, 3.63) is 70.7 Å². The van der Waals surface area contributed by atoms with E-state index in [1.807, 2.05) is 48.5 Å². The van der Waals surface area contributed by atoms with Crippen LogP contribution in [0, 0.1) is 6.92 Å². The van der Waals surface area contributed by atoms with Crippen molar-refractivity contribution in [2.24, 2.45) is 0 Å². The van der Waals surface area contributed by atoms with Gasteiger partial charge in [0, 0.05) is 18.2 Å². The van der Waals surface area contributed by atoms with E-state index in [4.69, 9.17) is 9.47 Å². The van der Waals surface area contributed by atoms with Gasteiger partial charge in [0.25, 0.3) is 5.91 Å². The van der Waals surface area contributed by atoms with Crippen LogP contribution in [0.25, 0.3) is 0 Å². The molecule has 0 unspecified atom stereocenters. The summed E-state index contributed by atoms with van der Waals surface area (Å²) in [6.07, 6.45) is 18.2. The lowest BCUT2D eigenvalue weighted by atomic mass is 10.1. The summed E-state index contributed by atoms with van der Waals surface area (Å²) in [5.74, 6) is 1.31. The van der Waals surface area contributed by atoms with E-state index in [1.165, 1.54) is 81.2 Å². The number of unbranched alkanes of at least 4 members (excludes halogenated alkanes) is 11. The molecule has 0 radical (unpaired) electrons. The van der Waals surface area contributed by atoms with Crippen LogP contribution in [0.5, 0.6) is 11.5 Å². The molecule has 0 saturated heterocycles. The van der Waals surface area contributed by atoms with Crippen molar-refractivity contribution in [2.45, 2.75) is 97.4 Å². The van der Waals surface area contributed by atoms with Gasteiger partial charge in [-0.2, -0.15) is 4.57 Å². The van der Waals surface area contributed by atoms with Gasteiger partial charge in [0.15, 0.2) is 19.3 Å². The zero-order chi connectivity index (χ0) is 27.5. The number of thiazole rings is 1. The number of aryl methyl sites for hydroxylation is 1. The Labute approximate surface area is 256 Å². The maximum atomic E-state index is 12.3. The van der Waals surface area contributed by atoms with Crippen molar-refractivity contribution in [3.63, 3.8) is 0 Å². The first kappa shape index (κ1) is 33.8. The third-order valence-corrected chi connectivity index (χ3v) is 7.77. The highest BCUT2D eigenvalue weighted by atomic mass is 79.9. The predicted octanol–water partition coefficient (Wildman–Crippen LogP) is 5.49. The van der Waals surface area contributed by atoms with Crippen molar-refractivity contribution in [1.29, 1.82) is 0 Å². The molecule has 3 aromatic rings. The first-order chi connectivity index (χ1) is 19.1. The van der Waals surface area contributed by atoms with Gasteiger partial charge in [0.1, 0.15) is 11.5 Å². The van der Waals surface area contributed by atoms with Gasteiger partial charge in [0.05, 0.1) is 12.0 Å². The molecule has 7 heteroatoms. The van der Waals surface area contributed by atoms with Crippen LogP contribution in [-0.4, -0.2) is 19.1 Å². The minimum atomic E-state index is -0.182. The standard InChI is InChI=1S/C33H46N2O3S.BrH/c1-3-4-5-6-7-8-9-10-11-12-13-14-24-37-31-19-21-32(22-20-31)38-27-33(36)34-30-17-15-29(16-18-30)26-35-23-25-39-28(35)2;/h15-23,25H,3-14,24,26-27H2,1-2H3;1H. The Kier molecular flexibility index (Phi) is 17.3. The summed E-state index contributed by atoms with van der Waals surface area (Å²) in [5, 5.41) is 6.25. The highest BCUT2D eigenvalue weighted by Crippen LogP contribution is 2.19. The van der Waals surface area contributed by atoms with E-state index in [0.29, 0.717) is 5.75 Å². The molecule has 1 aromatic heterocycles. The van der Waals surface area contributed by atoms with Gasteiger partial charge in [-0.1, -0.05) is 101 Å². The number of carbonyl (C=O) groups is 1. The minimum absolute atomic E-state index is 0. The van der Waals surface area contributed by atoms with E-state index in [2.05, 4.69) is 35.3 Å². The molecule has 0 fully saturated rings. The lowest BCUT2D eigenvalue weighted by Gasteiger charge is -2.10. The molecule has 0 saturated carbocycles. The summed E-state index contributed by atoms with van der Waals surface area (Å²) in [4.78, 5) is 12.3. The molecule has 40 heavy (non-hydrogen) atoms. The maximum Gasteiger partial charge on any atom is 0.262 e. The number of hydrogen-bond donors (Lipinski definition) is 1. The Morgan fingerprint density at radius 1 is 0.775 bits per heavy atom. The largest absolute Gasteiger partial charge is 1.00 e. The Morgan fingerprint density at radius 3 is 1.88 bits per heavy atom. The van der Waals surface area contributed by atoms with Gasteiger partial charge in [-0.05, 0) is 42.8 Å². The van der Waals surface area contributed by atoms with Gasteiger partial charge in [-0.15, -0.1) is 0 Å². The smallest absolute Gasteiger partial charge is 0.262 e. The van der Waals surface area contributed by atoms with Crippen LogP contribution in [0.4, 0.5) is 5.69 Å². The van der Waals surface area contributed by atoms with E-state index < -0.39 is 0 Å². The molecule has 0 aliphatic carbocycles. The fourth-order valence-corrected chi connectivity index (χ4v) is 5.21. The minimum Gasteiger partial charge on any atom is -1.00 e. The third-order valence-electron chi connectivity index (χ3n) is 6.93. The molecule has 0 bridgehead atoms. The van der Waals surface area contributed by atoms with Crippen molar-refractivity contribution >= 4 is 22.9 Å². The van der Waals surface area contributed by atoms with Crippen LogP contribution in [0.3, 0.4) is 0 Å². The van der Waals surface area contributed by atoms with Gasteiger partial charge < -0.3 is 31.8 Å². The topological polar surface area (TPSA) is 51.4 Å². The van der Waals surface area contributed by atoms with E-state index in [-0.39, 0.29) is 29.5 Å². The quantitative estimate of drug-likeness (QED) is 0.133. The van der Waals surface area contributed by atoms with Crippen LogP contribution < -0.4 is 36.3 Å². The number of amides is 1. The lowest BCUT2D eigenvalue weighted by Crippen LogP contribution is -3.00. The fraction of sp³-hybridized carbons (Fsp3) is 0.515. The van der Waals surface area contributed by atoms with Gasteiger partial charge in [0.2, 0.25) is 5.01 Å². The number of ether oxygens (including phenoxy) is 2. The Morgan fingerprint density at radius 2 is 1.32 bits per heavy atom. The summed E-state index contributed by atoms with van der Waals surface area (Å²) in [6, 6.07) is 15.4. The maximum absolute atomic E-state index is 12.3. The highest BCUT2D eigenvalue weighted by Gasteiger charge is 2.09. The second kappa shape index (κ2) is 20.5. The predicted molar refractivity (Wildman–Crippen MR) is 162 cm³/mol. The highest BCUT2D eigenvalue weighted by molar-refractivity contribution is 7.09. The average Bonchev–Trinajstić information content (AvgIpc) is 3.35. The molecule has 1 heterocycles. The summed E-state index contributed by atoms with van der Waals surface area (Å²) < 4.78 is 13.7. The van der Waals surface area contributed by atoms with Crippen molar-refractivity contribution in [3.8, 4) is 11.5 Å². The zero-order valence-electron chi connectivity index (χ0n) is 24.3. The molecule has 1 N–H and O–H groups in total. The number of rotatable bonds is 20. The second-order valence-corrected chi connectivity index (χ2v) is 11.4. The van der Waals surface area contributed by atoms with Crippen LogP contribution in [-0.2, 0) is 11.3 Å². The van der Waals surface area contributed by atoms with Gasteiger partial charge in [-0.3, -0.25) is 4.79 Å². The second-order valence-electron chi connectivity index (χ2n) is 10.3. The zero-order valence-corrected chi connectivity index (χ0v) is 26.7. The summed E-state index contributed by atoms with van der Waals surface area (Å²) >= 11 is 1.73. The van der Waals surface area contributed by atoms with Crippen LogP contribution in [0.1, 0.15) is 94.5 Å². The molecular weight excluding hydrogens is 584 g/mol. The number of aromatic nitrogens is 1. The normalized spacial score (nSPS) is 10.7. The van der Waals surface area contributed by atoms with E-state index in [1.54, 1.807) is 11.3 Å². The molecule has 2 aromatic carbocycles. The molecular formula is C33H47BrN2O3S. The SMILES string of the molecule is CCCCCCCCCCCCCCOc1ccc(OCC(=O)Nc2ccc(C[n+]3ccsc3C)cc2)cc1.[Br-]. The molecule has 0 spiro atoms. The van der Waals surface area contributed by atoms with Gasteiger partial charge >= 0.3 is 0 Å². The monoisotopic (exact) mass is 630 g/mol. The lowest BCUT2D eigenvalue weighted by molar-refractivity contribution is -0.689. The average molecular weight is 632 g/mol. The molecule has 0 atom stereocenters. The molecule has 1 amide bonds.